The summed E-state index contributed by atoms with van der Waals surface area (Å²) in [5, 5.41) is 2.90. The number of piperazine rings is 1. The van der Waals surface area contributed by atoms with E-state index in [1.54, 1.807) is 4.90 Å². The second kappa shape index (κ2) is 7.29. The first-order valence-electron chi connectivity index (χ1n) is 8.22. The Kier molecular flexibility index (Phi) is 4.92. The molecule has 0 radical (unpaired) electrons. The van der Waals surface area contributed by atoms with Crippen LogP contribution in [0.1, 0.15) is 21.5 Å². The Morgan fingerprint density at radius 3 is 2.44 bits per heavy atom. The van der Waals surface area contributed by atoms with Gasteiger partial charge in [0.1, 0.15) is 0 Å². The molecule has 0 atom stereocenters. The largest absolute Gasteiger partial charge is 0.342 e. The quantitative estimate of drug-likeness (QED) is 0.857. The first-order valence-corrected chi connectivity index (χ1v) is 8.22. The minimum atomic E-state index is -0.231. The molecule has 7 heteroatoms. The van der Waals surface area contributed by atoms with Crippen LogP contribution in [0, 0.1) is 13.8 Å². The third-order valence-corrected chi connectivity index (χ3v) is 4.29. The zero-order valence-electron chi connectivity index (χ0n) is 14.4. The van der Waals surface area contributed by atoms with E-state index in [-0.39, 0.29) is 5.91 Å². The number of rotatable bonds is 4. The van der Waals surface area contributed by atoms with Crippen LogP contribution < -0.4 is 10.2 Å². The number of nitrogens with zero attached hydrogens (tertiary/aromatic N) is 4. The van der Waals surface area contributed by atoms with Crippen molar-refractivity contribution >= 4 is 24.0 Å². The second-order valence-corrected chi connectivity index (χ2v) is 6.17. The highest BCUT2D eigenvalue weighted by molar-refractivity contribution is 6.04. The average molecular weight is 339 g/mol. The van der Waals surface area contributed by atoms with Gasteiger partial charge in [0.15, 0.2) is 0 Å². The molecule has 1 N–H and O–H groups in total. The summed E-state index contributed by atoms with van der Waals surface area (Å²) < 4.78 is 0. The molecule has 0 aliphatic carbocycles. The summed E-state index contributed by atoms with van der Waals surface area (Å²) in [7, 11) is 0. The minimum absolute atomic E-state index is 0.231. The summed E-state index contributed by atoms with van der Waals surface area (Å²) in [5.41, 5.74) is 3.29. The van der Waals surface area contributed by atoms with Crippen molar-refractivity contribution in [1.29, 1.82) is 0 Å². The molecule has 0 spiro atoms. The van der Waals surface area contributed by atoms with Crippen LogP contribution in [0.5, 0.6) is 0 Å². The molecular weight excluding hydrogens is 318 g/mol. The molecule has 1 aromatic heterocycles. The fourth-order valence-electron chi connectivity index (χ4n) is 2.69. The number of aromatic nitrogens is 2. The summed E-state index contributed by atoms with van der Waals surface area (Å²) in [5.74, 6) is 0.347. The number of carbonyl (C=O) groups is 2. The molecule has 2 heterocycles. The summed E-state index contributed by atoms with van der Waals surface area (Å²) in [6, 6.07) is 5.92. The summed E-state index contributed by atoms with van der Waals surface area (Å²) in [6.07, 6.45) is 3.93. The van der Waals surface area contributed by atoms with Crippen LogP contribution in [0.25, 0.3) is 0 Å². The Morgan fingerprint density at radius 1 is 1.12 bits per heavy atom. The monoisotopic (exact) mass is 339 g/mol. The normalized spacial score (nSPS) is 14.3. The number of nitrogens with one attached hydrogen (secondary N) is 1. The lowest BCUT2D eigenvalue weighted by molar-refractivity contribution is -0.118. The number of aryl methyl sites for hydroxylation is 2. The van der Waals surface area contributed by atoms with E-state index >= 15 is 0 Å². The van der Waals surface area contributed by atoms with Gasteiger partial charge in [0.25, 0.3) is 5.91 Å². The van der Waals surface area contributed by atoms with Crippen molar-refractivity contribution < 1.29 is 9.59 Å². The number of benzene rings is 1. The maximum Gasteiger partial charge on any atom is 0.258 e. The van der Waals surface area contributed by atoms with Gasteiger partial charge in [0.05, 0.1) is 5.56 Å². The van der Waals surface area contributed by atoms with Crippen molar-refractivity contribution in [2.24, 2.45) is 0 Å². The second-order valence-electron chi connectivity index (χ2n) is 6.17. The molecule has 1 saturated heterocycles. The average Bonchev–Trinajstić information content (AvgIpc) is 2.65. The van der Waals surface area contributed by atoms with E-state index in [4.69, 9.17) is 0 Å². The molecule has 25 heavy (non-hydrogen) atoms. The topological polar surface area (TPSA) is 78.4 Å². The van der Waals surface area contributed by atoms with E-state index in [1.807, 2.05) is 36.9 Å². The van der Waals surface area contributed by atoms with E-state index in [1.165, 1.54) is 12.4 Å². The maximum atomic E-state index is 12.4. The van der Waals surface area contributed by atoms with Gasteiger partial charge in [0.2, 0.25) is 12.4 Å². The Balaban J connectivity index is 1.66. The minimum Gasteiger partial charge on any atom is -0.342 e. The molecule has 2 aromatic rings. The molecule has 2 amide bonds. The van der Waals surface area contributed by atoms with Gasteiger partial charge in [-0.15, -0.1) is 0 Å². The number of hydrogen-bond donors (Lipinski definition) is 1. The van der Waals surface area contributed by atoms with Crippen LogP contribution in [0.15, 0.2) is 30.6 Å². The third-order valence-electron chi connectivity index (χ3n) is 4.29. The van der Waals surface area contributed by atoms with E-state index in [9.17, 15) is 9.59 Å². The highest BCUT2D eigenvalue weighted by Gasteiger charge is 2.18. The van der Waals surface area contributed by atoms with E-state index < -0.39 is 0 Å². The van der Waals surface area contributed by atoms with Crippen LogP contribution in [-0.2, 0) is 4.79 Å². The van der Waals surface area contributed by atoms with Gasteiger partial charge in [-0.05, 0) is 31.0 Å². The van der Waals surface area contributed by atoms with E-state index in [0.29, 0.717) is 37.7 Å². The Morgan fingerprint density at radius 2 is 1.80 bits per heavy atom. The van der Waals surface area contributed by atoms with Crippen molar-refractivity contribution in [2.75, 3.05) is 36.4 Å². The lowest BCUT2D eigenvalue weighted by Gasteiger charge is -2.32. The number of amides is 2. The summed E-state index contributed by atoms with van der Waals surface area (Å²) >= 11 is 0. The van der Waals surface area contributed by atoms with Gasteiger partial charge in [-0.25, -0.2) is 9.97 Å². The van der Waals surface area contributed by atoms with Crippen molar-refractivity contribution in [3.8, 4) is 0 Å². The molecule has 0 unspecified atom stereocenters. The summed E-state index contributed by atoms with van der Waals surface area (Å²) in [4.78, 5) is 35.5. The predicted molar refractivity (Wildman–Crippen MR) is 95.8 cm³/mol. The zero-order chi connectivity index (χ0) is 17.8. The van der Waals surface area contributed by atoms with E-state index in [2.05, 4.69) is 15.3 Å². The Bertz CT molecular complexity index is 768. The summed E-state index contributed by atoms with van der Waals surface area (Å²) in [6.45, 7) is 6.62. The zero-order valence-corrected chi connectivity index (χ0v) is 14.4. The molecule has 3 rings (SSSR count). The van der Waals surface area contributed by atoms with Gasteiger partial charge in [-0.2, -0.15) is 0 Å². The first-order chi connectivity index (χ1) is 12.1. The first kappa shape index (κ1) is 16.9. The van der Waals surface area contributed by atoms with Crippen molar-refractivity contribution in [3.05, 3.63) is 47.3 Å². The molecule has 0 bridgehead atoms. The highest BCUT2D eigenvalue weighted by Crippen LogP contribution is 2.17. The van der Waals surface area contributed by atoms with Crippen molar-refractivity contribution in [3.63, 3.8) is 0 Å². The van der Waals surface area contributed by atoms with Crippen molar-refractivity contribution in [1.82, 2.24) is 14.9 Å². The van der Waals surface area contributed by atoms with Gasteiger partial charge in [-0.3, -0.25) is 9.59 Å². The van der Waals surface area contributed by atoms with E-state index in [0.717, 1.165) is 23.2 Å². The van der Waals surface area contributed by atoms with Gasteiger partial charge in [-0.1, -0.05) is 12.1 Å². The molecule has 1 aliphatic rings. The number of anilines is 2. The fraction of sp³-hybridized carbons (Fsp3) is 0.333. The maximum absolute atomic E-state index is 12.4. The molecule has 1 aliphatic heterocycles. The molecular formula is C18H21N5O2. The van der Waals surface area contributed by atoms with Crippen LogP contribution in [0.2, 0.25) is 0 Å². The lowest BCUT2D eigenvalue weighted by Crippen LogP contribution is -2.46. The SMILES string of the molecule is Cc1ccc(C)c(NC(=O)c2cnc(N3CCN(C=O)CC3)nc2)c1. The Labute approximate surface area is 146 Å². The number of hydrogen-bond acceptors (Lipinski definition) is 5. The predicted octanol–water partition coefficient (Wildman–Crippen LogP) is 1.62. The lowest BCUT2D eigenvalue weighted by atomic mass is 10.1. The van der Waals surface area contributed by atoms with Gasteiger partial charge < -0.3 is 15.1 Å². The smallest absolute Gasteiger partial charge is 0.258 e. The molecule has 1 aromatic carbocycles. The van der Waals surface area contributed by atoms with Crippen LogP contribution in [-0.4, -0.2) is 53.4 Å². The Hall–Kier alpha value is -2.96. The van der Waals surface area contributed by atoms with Gasteiger partial charge in [0, 0.05) is 44.3 Å². The van der Waals surface area contributed by atoms with Crippen LogP contribution in [0.4, 0.5) is 11.6 Å². The van der Waals surface area contributed by atoms with Crippen LogP contribution >= 0.6 is 0 Å². The van der Waals surface area contributed by atoms with Crippen LogP contribution in [0.3, 0.4) is 0 Å². The number of carbonyl (C=O) groups excluding carboxylic acids is 2. The molecule has 7 nitrogen and oxygen atoms in total. The third kappa shape index (κ3) is 3.93. The molecule has 1 fully saturated rings. The molecule has 130 valence electrons. The van der Waals surface area contributed by atoms with Crippen molar-refractivity contribution in [2.45, 2.75) is 13.8 Å². The standard InChI is InChI=1S/C18H21N5O2/c1-13-3-4-14(2)16(9-13)21-17(25)15-10-19-18(20-11-15)23-7-5-22(12-24)6-8-23/h3-4,9-12H,5-8H2,1-2H3,(H,21,25). The highest BCUT2D eigenvalue weighted by atomic mass is 16.1. The van der Waals surface area contributed by atoms with Gasteiger partial charge >= 0.3 is 0 Å². The molecule has 0 saturated carbocycles. The fourth-order valence-corrected chi connectivity index (χ4v) is 2.69.